The Morgan fingerprint density at radius 3 is 2.81 bits per heavy atom. The lowest BCUT2D eigenvalue weighted by Gasteiger charge is -2.12. The monoisotopic (exact) mass is 283 g/mol. The van der Waals surface area contributed by atoms with Crippen LogP contribution in [0, 0.1) is 5.92 Å². The average Bonchev–Trinajstić information content (AvgIpc) is 3.08. The summed E-state index contributed by atoms with van der Waals surface area (Å²) in [5.41, 5.74) is 6.92. The second-order valence-corrected chi connectivity index (χ2v) is 5.53. The quantitative estimate of drug-likeness (QED) is 0.900. The highest BCUT2D eigenvalue weighted by Crippen LogP contribution is 2.31. The van der Waals surface area contributed by atoms with Crippen LogP contribution in [0.4, 0.5) is 0 Å². The molecule has 0 saturated heterocycles. The van der Waals surface area contributed by atoms with Gasteiger partial charge >= 0.3 is 0 Å². The SMILES string of the molecule is CC(CN)c1cc(Br)cc(OCC2CC2)c1. The van der Waals surface area contributed by atoms with Crippen molar-refractivity contribution in [1.82, 2.24) is 0 Å². The molecule has 1 fully saturated rings. The Bertz CT molecular complexity index is 363. The number of hydrogen-bond donors (Lipinski definition) is 1. The summed E-state index contributed by atoms with van der Waals surface area (Å²) < 4.78 is 6.84. The Morgan fingerprint density at radius 1 is 1.44 bits per heavy atom. The van der Waals surface area contributed by atoms with Crippen LogP contribution in [0.25, 0.3) is 0 Å². The fourth-order valence-electron chi connectivity index (χ4n) is 1.59. The van der Waals surface area contributed by atoms with Crippen LogP contribution in [0.2, 0.25) is 0 Å². The standard InChI is InChI=1S/C13H18BrNO/c1-9(7-15)11-4-12(14)6-13(5-11)16-8-10-2-3-10/h4-6,9-10H,2-3,7-8,15H2,1H3. The molecule has 2 N–H and O–H groups in total. The molecule has 0 heterocycles. The predicted octanol–water partition coefficient (Wildman–Crippen LogP) is 3.30. The molecule has 1 aliphatic carbocycles. The summed E-state index contributed by atoms with van der Waals surface area (Å²) in [7, 11) is 0. The summed E-state index contributed by atoms with van der Waals surface area (Å²) in [5, 5.41) is 0. The molecule has 0 aromatic heterocycles. The van der Waals surface area contributed by atoms with Crippen molar-refractivity contribution in [1.29, 1.82) is 0 Å². The Kier molecular flexibility index (Phi) is 3.87. The van der Waals surface area contributed by atoms with Gasteiger partial charge in [0, 0.05) is 4.47 Å². The van der Waals surface area contributed by atoms with E-state index in [9.17, 15) is 0 Å². The first-order chi connectivity index (χ1) is 7.69. The van der Waals surface area contributed by atoms with Gasteiger partial charge in [0.05, 0.1) is 6.61 Å². The molecule has 0 radical (unpaired) electrons. The molecule has 0 bridgehead atoms. The molecule has 16 heavy (non-hydrogen) atoms. The first-order valence-electron chi connectivity index (χ1n) is 5.82. The Hall–Kier alpha value is -0.540. The molecule has 1 aliphatic rings. The second kappa shape index (κ2) is 5.19. The fraction of sp³-hybridized carbons (Fsp3) is 0.538. The van der Waals surface area contributed by atoms with Crippen molar-refractivity contribution in [2.24, 2.45) is 11.7 Å². The summed E-state index contributed by atoms with van der Waals surface area (Å²) in [6.07, 6.45) is 2.64. The topological polar surface area (TPSA) is 35.2 Å². The summed E-state index contributed by atoms with van der Waals surface area (Å²) >= 11 is 3.51. The molecule has 2 nitrogen and oxygen atoms in total. The van der Waals surface area contributed by atoms with E-state index in [4.69, 9.17) is 10.5 Å². The molecule has 3 heteroatoms. The van der Waals surface area contributed by atoms with Crippen LogP contribution >= 0.6 is 15.9 Å². The van der Waals surface area contributed by atoms with E-state index in [2.05, 4.69) is 35.0 Å². The van der Waals surface area contributed by atoms with Crippen molar-refractivity contribution < 1.29 is 4.74 Å². The van der Waals surface area contributed by atoms with Gasteiger partial charge in [-0.3, -0.25) is 0 Å². The van der Waals surface area contributed by atoms with Gasteiger partial charge in [-0.15, -0.1) is 0 Å². The average molecular weight is 284 g/mol. The van der Waals surface area contributed by atoms with Crippen molar-refractivity contribution in [2.45, 2.75) is 25.7 Å². The van der Waals surface area contributed by atoms with Gasteiger partial charge in [0.25, 0.3) is 0 Å². The van der Waals surface area contributed by atoms with Crippen LogP contribution in [0.15, 0.2) is 22.7 Å². The highest BCUT2D eigenvalue weighted by Gasteiger charge is 2.22. The lowest BCUT2D eigenvalue weighted by atomic mass is 10.0. The van der Waals surface area contributed by atoms with Crippen LogP contribution in [0.5, 0.6) is 5.75 Å². The highest BCUT2D eigenvalue weighted by atomic mass is 79.9. The number of nitrogens with two attached hydrogens (primary N) is 1. The first-order valence-corrected chi connectivity index (χ1v) is 6.61. The van der Waals surface area contributed by atoms with Crippen molar-refractivity contribution in [3.05, 3.63) is 28.2 Å². The number of halogens is 1. The fourth-order valence-corrected chi connectivity index (χ4v) is 2.08. The van der Waals surface area contributed by atoms with Gasteiger partial charge in [-0.05, 0) is 55.0 Å². The molecule has 0 amide bonds. The van der Waals surface area contributed by atoms with Crippen molar-refractivity contribution in [2.75, 3.05) is 13.2 Å². The minimum atomic E-state index is 0.376. The van der Waals surface area contributed by atoms with Crippen LogP contribution in [-0.4, -0.2) is 13.2 Å². The van der Waals surface area contributed by atoms with Gasteiger partial charge < -0.3 is 10.5 Å². The van der Waals surface area contributed by atoms with E-state index in [0.717, 1.165) is 22.7 Å². The Labute approximate surface area is 105 Å². The molecule has 2 rings (SSSR count). The zero-order valence-electron chi connectivity index (χ0n) is 9.58. The van der Waals surface area contributed by atoms with Crippen LogP contribution < -0.4 is 10.5 Å². The van der Waals surface area contributed by atoms with E-state index in [1.165, 1.54) is 18.4 Å². The summed E-state index contributed by atoms with van der Waals surface area (Å²) in [5.74, 6) is 2.12. The molecule has 1 atom stereocenters. The minimum Gasteiger partial charge on any atom is -0.493 e. The van der Waals surface area contributed by atoms with E-state index in [1.807, 2.05) is 6.07 Å². The number of hydrogen-bond acceptors (Lipinski definition) is 2. The molecule has 1 saturated carbocycles. The number of benzene rings is 1. The third-order valence-corrected chi connectivity index (χ3v) is 3.46. The third-order valence-electron chi connectivity index (χ3n) is 3.00. The normalized spacial score (nSPS) is 17.2. The largest absolute Gasteiger partial charge is 0.493 e. The zero-order chi connectivity index (χ0) is 11.5. The van der Waals surface area contributed by atoms with Crippen LogP contribution in [-0.2, 0) is 0 Å². The van der Waals surface area contributed by atoms with Gasteiger partial charge in [-0.1, -0.05) is 22.9 Å². The Morgan fingerprint density at radius 2 is 2.19 bits per heavy atom. The second-order valence-electron chi connectivity index (χ2n) is 4.61. The zero-order valence-corrected chi connectivity index (χ0v) is 11.2. The number of rotatable bonds is 5. The lowest BCUT2D eigenvalue weighted by Crippen LogP contribution is -2.09. The summed E-state index contributed by atoms with van der Waals surface area (Å²) in [6.45, 7) is 3.65. The third kappa shape index (κ3) is 3.22. The maximum Gasteiger partial charge on any atom is 0.120 e. The number of ether oxygens (including phenoxy) is 1. The van der Waals surface area contributed by atoms with E-state index >= 15 is 0 Å². The summed E-state index contributed by atoms with van der Waals surface area (Å²) in [4.78, 5) is 0. The molecule has 88 valence electrons. The lowest BCUT2D eigenvalue weighted by molar-refractivity contribution is 0.299. The molecular weight excluding hydrogens is 266 g/mol. The van der Waals surface area contributed by atoms with E-state index in [0.29, 0.717) is 12.5 Å². The smallest absolute Gasteiger partial charge is 0.120 e. The van der Waals surface area contributed by atoms with Crippen molar-refractivity contribution in [3.8, 4) is 5.75 Å². The van der Waals surface area contributed by atoms with E-state index in [-0.39, 0.29) is 0 Å². The van der Waals surface area contributed by atoms with E-state index in [1.54, 1.807) is 0 Å². The summed E-state index contributed by atoms with van der Waals surface area (Å²) in [6, 6.07) is 6.24. The Balaban J connectivity index is 2.07. The molecule has 1 aromatic rings. The minimum absolute atomic E-state index is 0.376. The highest BCUT2D eigenvalue weighted by molar-refractivity contribution is 9.10. The van der Waals surface area contributed by atoms with Gasteiger partial charge in [-0.2, -0.15) is 0 Å². The predicted molar refractivity (Wildman–Crippen MR) is 69.8 cm³/mol. The van der Waals surface area contributed by atoms with Gasteiger partial charge in [0.1, 0.15) is 5.75 Å². The maximum atomic E-state index is 5.78. The maximum absolute atomic E-state index is 5.78. The molecular formula is C13H18BrNO. The van der Waals surface area contributed by atoms with Crippen molar-refractivity contribution in [3.63, 3.8) is 0 Å². The molecule has 1 aromatic carbocycles. The molecule has 1 unspecified atom stereocenters. The van der Waals surface area contributed by atoms with E-state index < -0.39 is 0 Å². The first kappa shape index (κ1) is 11.9. The molecule has 0 aliphatic heterocycles. The van der Waals surface area contributed by atoms with Crippen LogP contribution in [0.3, 0.4) is 0 Å². The molecule has 0 spiro atoms. The van der Waals surface area contributed by atoms with Gasteiger partial charge in [-0.25, -0.2) is 0 Å². The van der Waals surface area contributed by atoms with Crippen molar-refractivity contribution >= 4 is 15.9 Å². The van der Waals surface area contributed by atoms with Gasteiger partial charge in [0.15, 0.2) is 0 Å². The van der Waals surface area contributed by atoms with Crippen LogP contribution in [0.1, 0.15) is 31.2 Å². The van der Waals surface area contributed by atoms with Gasteiger partial charge in [0.2, 0.25) is 0 Å².